The number of ether oxygens (including phenoxy) is 1. The molecule has 1 fully saturated rings. The molecule has 184 valence electrons. The van der Waals surface area contributed by atoms with Crippen LogP contribution in [0.1, 0.15) is 26.7 Å². The lowest BCUT2D eigenvalue weighted by Gasteiger charge is -2.34. The van der Waals surface area contributed by atoms with E-state index in [-0.39, 0.29) is 48.0 Å². The molecule has 0 radical (unpaired) electrons. The maximum absolute atomic E-state index is 14.8. The van der Waals surface area contributed by atoms with Crippen molar-refractivity contribution >= 4 is 27.6 Å². The van der Waals surface area contributed by atoms with E-state index in [0.717, 1.165) is 18.5 Å². The van der Waals surface area contributed by atoms with Crippen molar-refractivity contribution in [1.82, 2.24) is 14.3 Å². The van der Waals surface area contributed by atoms with E-state index in [2.05, 4.69) is 15.3 Å². The summed E-state index contributed by atoms with van der Waals surface area (Å²) in [4.78, 5) is 22.6. The van der Waals surface area contributed by atoms with Gasteiger partial charge in [0, 0.05) is 30.6 Å². The number of aromatic nitrogens is 2. The van der Waals surface area contributed by atoms with Crippen molar-refractivity contribution in [2.24, 2.45) is 5.92 Å². The predicted octanol–water partition coefficient (Wildman–Crippen LogP) is 2.64. The summed E-state index contributed by atoms with van der Waals surface area (Å²) in [7, 11) is -3.30. The summed E-state index contributed by atoms with van der Waals surface area (Å²) in [6, 6.07) is 2.85. The van der Waals surface area contributed by atoms with Gasteiger partial charge >= 0.3 is 0 Å². The Kier molecular flexibility index (Phi) is 6.72. The van der Waals surface area contributed by atoms with E-state index in [1.54, 1.807) is 6.07 Å². The molecule has 4 rings (SSSR count). The molecular weight excluding hydrogens is 468 g/mol. The average molecular weight is 496 g/mol. The van der Waals surface area contributed by atoms with Crippen molar-refractivity contribution in [1.29, 1.82) is 0 Å². The third-order valence-corrected chi connectivity index (χ3v) is 7.38. The second kappa shape index (κ2) is 9.41. The first-order chi connectivity index (χ1) is 16.0. The first-order valence-corrected chi connectivity index (χ1v) is 12.9. The number of anilines is 2. The molecule has 0 aliphatic carbocycles. The van der Waals surface area contributed by atoms with Gasteiger partial charge in [0.15, 0.2) is 17.4 Å². The topological polar surface area (TPSA) is 105 Å². The van der Waals surface area contributed by atoms with Crippen molar-refractivity contribution in [3.63, 3.8) is 0 Å². The van der Waals surface area contributed by atoms with Crippen LogP contribution in [0.3, 0.4) is 0 Å². The summed E-state index contributed by atoms with van der Waals surface area (Å²) in [5.74, 6) is -2.17. The fraction of sp³-hybridized carbons (Fsp3) is 0.500. The number of fused-ring (bicyclic) bond motifs is 1. The summed E-state index contributed by atoms with van der Waals surface area (Å²) in [5, 5.41) is 2.58. The van der Waals surface area contributed by atoms with Crippen LogP contribution < -0.4 is 15.0 Å². The molecule has 0 unspecified atom stereocenters. The van der Waals surface area contributed by atoms with Gasteiger partial charge in [-0.05, 0) is 38.8 Å². The Labute approximate surface area is 197 Å². The molecule has 1 aromatic carbocycles. The van der Waals surface area contributed by atoms with Crippen LogP contribution in [0.5, 0.6) is 5.75 Å². The van der Waals surface area contributed by atoms with E-state index in [9.17, 15) is 22.0 Å². The molecule has 0 spiro atoms. The third kappa shape index (κ3) is 4.97. The molecule has 3 heterocycles. The largest absolute Gasteiger partial charge is 0.486 e. The zero-order valence-corrected chi connectivity index (χ0v) is 20.0. The number of nitrogens with one attached hydrogen (secondary N) is 1. The van der Waals surface area contributed by atoms with Gasteiger partial charge in [0.2, 0.25) is 21.9 Å². The lowest BCUT2D eigenvalue weighted by Crippen LogP contribution is -2.41. The Morgan fingerprint density at radius 2 is 1.88 bits per heavy atom. The fourth-order valence-electron chi connectivity index (χ4n) is 4.27. The number of carbonyl (C=O) groups is 1. The highest BCUT2D eigenvalue weighted by atomic mass is 32.2. The first kappa shape index (κ1) is 24.3. The summed E-state index contributed by atoms with van der Waals surface area (Å²) in [6.45, 7) is 5.35. The molecule has 34 heavy (non-hydrogen) atoms. The number of benzene rings is 1. The van der Waals surface area contributed by atoms with Crippen LogP contribution in [-0.4, -0.2) is 67.1 Å². The van der Waals surface area contributed by atoms with Crippen LogP contribution in [0.4, 0.5) is 20.4 Å². The van der Waals surface area contributed by atoms with Gasteiger partial charge in [0.25, 0.3) is 0 Å². The lowest BCUT2D eigenvalue weighted by molar-refractivity contribution is -0.121. The maximum atomic E-state index is 14.8. The number of piperidine rings is 1. The van der Waals surface area contributed by atoms with Gasteiger partial charge in [-0.2, -0.15) is 0 Å². The summed E-state index contributed by atoms with van der Waals surface area (Å²) < 4.78 is 59.6. The van der Waals surface area contributed by atoms with Crippen molar-refractivity contribution in [3.05, 3.63) is 30.0 Å². The molecule has 9 nitrogen and oxygen atoms in total. The van der Waals surface area contributed by atoms with Crippen LogP contribution in [0.25, 0.3) is 11.3 Å². The highest BCUT2D eigenvalue weighted by Gasteiger charge is 2.30. The van der Waals surface area contributed by atoms with Gasteiger partial charge in [-0.25, -0.2) is 31.5 Å². The molecule has 2 aliphatic rings. The number of nitrogens with zero attached hydrogens (tertiary/aromatic N) is 4. The number of hydrogen-bond acceptors (Lipinski definition) is 7. The third-order valence-electron chi connectivity index (χ3n) is 6.08. The quantitative estimate of drug-likeness (QED) is 0.680. The van der Waals surface area contributed by atoms with Crippen molar-refractivity contribution in [3.8, 4) is 17.0 Å². The van der Waals surface area contributed by atoms with Crippen LogP contribution in [0.2, 0.25) is 0 Å². The van der Waals surface area contributed by atoms with Crippen LogP contribution in [0, 0.1) is 17.6 Å². The zero-order valence-electron chi connectivity index (χ0n) is 19.2. The minimum atomic E-state index is -3.30. The molecule has 0 bridgehead atoms. The molecule has 1 amide bonds. The molecule has 2 aromatic rings. The van der Waals surface area contributed by atoms with E-state index in [1.165, 1.54) is 4.31 Å². The minimum absolute atomic E-state index is 0.0801. The van der Waals surface area contributed by atoms with Gasteiger partial charge in [0.1, 0.15) is 12.3 Å². The molecule has 0 saturated carbocycles. The van der Waals surface area contributed by atoms with Gasteiger partial charge in [-0.3, -0.25) is 10.1 Å². The summed E-state index contributed by atoms with van der Waals surface area (Å²) >= 11 is 0. The second-order valence-corrected chi connectivity index (χ2v) is 10.7. The van der Waals surface area contributed by atoms with Crippen LogP contribution in [0.15, 0.2) is 18.3 Å². The average Bonchev–Trinajstić information content (AvgIpc) is 2.79. The van der Waals surface area contributed by atoms with E-state index < -0.39 is 27.6 Å². The number of sulfonamides is 1. The Morgan fingerprint density at radius 3 is 2.53 bits per heavy atom. The van der Waals surface area contributed by atoms with Crippen molar-refractivity contribution < 1.29 is 26.7 Å². The monoisotopic (exact) mass is 495 g/mol. The number of hydrogen-bond donors (Lipinski definition) is 1. The lowest BCUT2D eigenvalue weighted by atomic mass is 9.97. The van der Waals surface area contributed by atoms with Gasteiger partial charge in [-0.1, -0.05) is 0 Å². The van der Waals surface area contributed by atoms with Crippen LogP contribution in [-0.2, 0) is 14.8 Å². The smallest absolute Gasteiger partial charge is 0.230 e. The molecule has 2 aliphatic heterocycles. The van der Waals surface area contributed by atoms with Crippen LogP contribution >= 0.6 is 0 Å². The Balaban J connectivity index is 1.56. The van der Waals surface area contributed by atoms with Gasteiger partial charge < -0.3 is 9.64 Å². The number of amides is 1. The molecule has 1 saturated heterocycles. The Bertz CT molecular complexity index is 1200. The summed E-state index contributed by atoms with van der Waals surface area (Å²) in [5.41, 5.74) is 0.565. The number of rotatable bonds is 5. The molecule has 0 atom stereocenters. The number of halogens is 2. The van der Waals surface area contributed by atoms with Gasteiger partial charge in [-0.15, -0.1) is 0 Å². The SMILES string of the molecule is CC(C)N1CCOc2c(F)cc(-c3nc(NC(=O)C4CCN(S(C)(=O)=O)CC4)ncc3F)cc21. The van der Waals surface area contributed by atoms with E-state index in [4.69, 9.17) is 4.74 Å². The number of carbonyl (C=O) groups excluding carboxylic acids is 1. The summed E-state index contributed by atoms with van der Waals surface area (Å²) in [6.07, 6.45) is 2.78. The normalized spacial score (nSPS) is 17.4. The van der Waals surface area contributed by atoms with E-state index in [1.807, 2.05) is 18.7 Å². The highest BCUT2D eigenvalue weighted by Crippen LogP contribution is 2.39. The fourth-order valence-corrected chi connectivity index (χ4v) is 5.14. The van der Waals surface area contributed by atoms with E-state index >= 15 is 0 Å². The highest BCUT2D eigenvalue weighted by molar-refractivity contribution is 7.88. The minimum Gasteiger partial charge on any atom is -0.486 e. The van der Waals surface area contributed by atoms with E-state index in [0.29, 0.717) is 31.7 Å². The Morgan fingerprint density at radius 1 is 1.18 bits per heavy atom. The zero-order chi connectivity index (χ0) is 24.6. The Hall–Kier alpha value is -2.86. The van der Waals surface area contributed by atoms with Crippen molar-refractivity contribution in [2.45, 2.75) is 32.7 Å². The maximum Gasteiger partial charge on any atom is 0.230 e. The van der Waals surface area contributed by atoms with Gasteiger partial charge in [0.05, 0.1) is 24.7 Å². The second-order valence-electron chi connectivity index (χ2n) is 8.76. The molecule has 1 N–H and O–H groups in total. The first-order valence-electron chi connectivity index (χ1n) is 11.1. The van der Waals surface area contributed by atoms with Crippen molar-refractivity contribution in [2.75, 3.05) is 42.7 Å². The predicted molar refractivity (Wildman–Crippen MR) is 123 cm³/mol. The standard InChI is InChI=1S/C22H27F2N5O4S/c1-13(2)29-8-9-33-20-16(23)10-15(11-18(20)29)19-17(24)12-25-22(26-19)27-21(30)14-4-6-28(7-5-14)34(3,31)32/h10-14H,4-9H2,1-3H3,(H,25,26,27,30). The molecule has 1 aromatic heterocycles. The molecular formula is C22H27F2N5O4S. The molecule has 12 heteroatoms.